The molecule has 9 nitrogen and oxygen atoms in total. The molecule has 2 aromatic carbocycles. The van der Waals surface area contributed by atoms with E-state index < -0.39 is 16.1 Å². The van der Waals surface area contributed by atoms with Gasteiger partial charge in [-0.15, -0.1) is 0 Å². The maximum Gasteiger partial charge on any atom is 0.242 e. The summed E-state index contributed by atoms with van der Waals surface area (Å²) in [5, 5.41) is 3.04. The molecule has 0 saturated heterocycles. The summed E-state index contributed by atoms with van der Waals surface area (Å²) >= 11 is 0. The maximum atomic E-state index is 13.4. The summed E-state index contributed by atoms with van der Waals surface area (Å²) in [6.45, 7) is 1.96. The molecule has 1 saturated carbocycles. The van der Waals surface area contributed by atoms with E-state index >= 15 is 0 Å². The third-order valence-corrected chi connectivity index (χ3v) is 8.13. The van der Waals surface area contributed by atoms with Gasteiger partial charge in [0.2, 0.25) is 28.6 Å². The van der Waals surface area contributed by atoms with Gasteiger partial charge in [0, 0.05) is 31.6 Å². The van der Waals surface area contributed by atoms with E-state index in [1.807, 2.05) is 0 Å². The van der Waals surface area contributed by atoms with Crippen molar-refractivity contribution in [3.05, 3.63) is 53.8 Å². The van der Waals surface area contributed by atoms with Crippen LogP contribution in [0.2, 0.25) is 0 Å². The normalized spacial score (nSPS) is 15.8. The summed E-state index contributed by atoms with van der Waals surface area (Å²) in [4.78, 5) is 27.9. The molecule has 1 atom stereocenters. The van der Waals surface area contributed by atoms with Gasteiger partial charge in [-0.3, -0.25) is 13.9 Å². The fraction of sp³-hybridized carbons (Fsp3) is 0.481. The number of hydrogen-bond acceptors (Lipinski definition) is 6. The Morgan fingerprint density at radius 3 is 2.45 bits per heavy atom. The molecule has 1 fully saturated rings. The van der Waals surface area contributed by atoms with Crippen LogP contribution < -0.4 is 19.1 Å². The average Bonchev–Trinajstić information content (AvgIpc) is 3.56. The van der Waals surface area contributed by atoms with E-state index in [0.717, 1.165) is 31.9 Å². The molecule has 1 aliphatic carbocycles. The van der Waals surface area contributed by atoms with Gasteiger partial charge in [-0.2, -0.15) is 0 Å². The lowest BCUT2D eigenvalue weighted by atomic mass is 10.1. The number of anilines is 1. The first-order chi connectivity index (χ1) is 18.1. The molecular formula is C27H34FN3O6S. The number of rotatable bonds is 11. The summed E-state index contributed by atoms with van der Waals surface area (Å²) in [6.07, 6.45) is 5.35. The quantitative estimate of drug-likeness (QED) is 0.461. The Morgan fingerprint density at radius 2 is 1.76 bits per heavy atom. The van der Waals surface area contributed by atoms with E-state index in [2.05, 4.69) is 5.32 Å². The van der Waals surface area contributed by atoms with Gasteiger partial charge in [0.05, 0.1) is 11.9 Å². The molecule has 1 heterocycles. The van der Waals surface area contributed by atoms with E-state index in [1.54, 1.807) is 37.3 Å². The number of benzene rings is 2. The van der Waals surface area contributed by atoms with Gasteiger partial charge >= 0.3 is 0 Å². The highest BCUT2D eigenvalue weighted by Crippen LogP contribution is 2.36. The number of carbonyl (C=O) groups is 2. The van der Waals surface area contributed by atoms with Gasteiger partial charge in [-0.1, -0.05) is 25.0 Å². The molecule has 0 radical (unpaired) electrons. The minimum absolute atomic E-state index is 0.0266. The van der Waals surface area contributed by atoms with Crippen molar-refractivity contribution < 1.29 is 31.9 Å². The van der Waals surface area contributed by atoms with Crippen LogP contribution in [-0.2, 0) is 26.2 Å². The highest BCUT2D eigenvalue weighted by molar-refractivity contribution is 7.92. The van der Waals surface area contributed by atoms with Crippen molar-refractivity contribution in [2.24, 2.45) is 0 Å². The molecule has 1 aliphatic heterocycles. The molecule has 206 valence electrons. The van der Waals surface area contributed by atoms with Crippen LogP contribution in [0.15, 0.2) is 42.5 Å². The molecule has 2 amide bonds. The number of nitrogens with one attached hydrogen (secondary N) is 1. The zero-order valence-corrected chi connectivity index (χ0v) is 22.5. The van der Waals surface area contributed by atoms with Crippen molar-refractivity contribution in [2.75, 3.05) is 23.9 Å². The lowest BCUT2D eigenvalue weighted by molar-refractivity contribution is -0.141. The number of sulfonamides is 1. The SMILES string of the molecule is C[C@@H](C(=O)NC1CCCC1)N(Cc1ccc(F)cc1)C(=O)CCCN(c1ccc2c(c1)OCO2)S(C)(=O)=O. The standard InChI is InChI=1S/C27H34FN3O6S/c1-19(27(33)29-22-6-3-4-7-22)30(17-20-9-11-21(28)12-10-20)26(32)8-5-15-31(38(2,34)35)23-13-14-24-25(16-23)37-18-36-24/h9-14,16,19,22H,3-8,15,17-18H2,1-2H3,(H,29,33)/t19-/m0/s1. The molecule has 38 heavy (non-hydrogen) atoms. The Balaban J connectivity index is 1.44. The number of carbonyl (C=O) groups excluding carboxylic acids is 2. The Bertz CT molecular complexity index is 1250. The van der Waals surface area contributed by atoms with E-state index in [4.69, 9.17) is 9.47 Å². The van der Waals surface area contributed by atoms with Crippen LogP contribution in [-0.4, -0.2) is 56.8 Å². The van der Waals surface area contributed by atoms with E-state index in [-0.39, 0.29) is 56.4 Å². The van der Waals surface area contributed by atoms with Gasteiger partial charge in [-0.25, -0.2) is 12.8 Å². The minimum atomic E-state index is -3.64. The lowest BCUT2D eigenvalue weighted by Crippen LogP contribution is -2.49. The number of nitrogens with zero attached hydrogens (tertiary/aromatic N) is 2. The molecule has 2 aromatic rings. The molecule has 0 unspecified atom stereocenters. The smallest absolute Gasteiger partial charge is 0.242 e. The lowest BCUT2D eigenvalue weighted by Gasteiger charge is -2.30. The van der Waals surface area contributed by atoms with Gasteiger partial charge < -0.3 is 19.7 Å². The number of halogens is 1. The summed E-state index contributed by atoms with van der Waals surface area (Å²) in [7, 11) is -3.64. The minimum Gasteiger partial charge on any atom is -0.454 e. The maximum absolute atomic E-state index is 13.4. The average molecular weight is 548 g/mol. The van der Waals surface area contributed by atoms with Gasteiger partial charge in [0.25, 0.3) is 0 Å². The van der Waals surface area contributed by atoms with Crippen LogP contribution in [0.3, 0.4) is 0 Å². The Kier molecular flexibility index (Phi) is 8.76. The highest BCUT2D eigenvalue weighted by atomic mass is 32.2. The summed E-state index contributed by atoms with van der Waals surface area (Å²) in [5.41, 5.74) is 1.11. The third-order valence-electron chi connectivity index (χ3n) is 6.93. The van der Waals surface area contributed by atoms with Crippen molar-refractivity contribution in [2.45, 2.75) is 64.1 Å². The van der Waals surface area contributed by atoms with Crippen LogP contribution in [0.1, 0.15) is 51.0 Å². The Labute approximate surface area is 222 Å². The summed E-state index contributed by atoms with van der Waals surface area (Å²) in [6, 6.07) is 10.0. The number of ether oxygens (including phenoxy) is 2. The zero-order valence-electron chi connectivity index (χ0n) is 21.7. The summed E-state index contributed by atoms with van der Waals surface area (Å²) in [5.74, 6) is 0.0922. The topological polar surface area (TPSA) is 105 Å². The summed E-state index contributed by atoms with van der Waals surface area (Å²) < 4.78 is 50.4. The molecule has 0 spiro atoms. The predicted octanol–water partition coefficient (Wildman–Crippen LogP) is 3.58. The Morgan fingerprint density at radius 1 is 1.08 bits per heavy atom. The van der Waals surface area contributed by atoms with Crippen molar-refractivity contribution in [3.63, 3.8) is 0 Å². The van der Waals surface area contributed by atoms with Crippen molar-refractivity contribution in [1.82, 2.24) is 10.2 Å². The molecule has 2 aliphatic rings. The fourth-order valence-electron chi connectivity index (χ4n) is 4.81. The fourth-order valence-corrected chi connectivity index (χ4v) is 5.76. The number of hydrogen-bond donors (Lipinski definition) is 1. The molecule has 0 aromatic heterocycles. The second-order valence-corrected chi connectivity index (χ2v) is 11.7. The largest absolute Gasteiger partial charge is 0.454 e. The molecule has 0 bridgehead atoms. The van der Waals surface area contributed by atoms with Crippen LogP contribution in [0.25, 0.3) is 0 Å². The first-order valence-electron chi connectivity index (χ1n) is 12.8. The first-order valence-corrected chi connectivity index (χ1v) is 14.7. The van der Waals surface area contributed by atoms with E-state index in [1.165, 1.54) is 21.3 Å². The molecule has 4 rings (SSSR count). The number of amides is 2. The van der Waals surface area contributed by atoms with Crippen molar-refractivity contribution in [1.29, 1.82) is 0 Å². The van der Waals surface area contributed by atoms with Crippen LogP contribution >= 0.6 is 0 Å². The van der Waals surface area contributed by atoms with Crippen LogP contribution in [0.4, 0.5) is 10.1 Å². The number of fused-ring (bicyclic) bond motifs is 1. The molecule has 1 N–H and O–H groups in total. The zero-order chi connectivity index (χ0) is 27.3. The van der Waals surface area contributed by atoms with E-state index in [9.17, 15) is 22.4 Å². The predicted molar refractivity (Wildman–Crippen MR) is 141 cm³/mol. The van der Waals surface area contributed by atoms with Gasteiger partial charge in [-0.05, 0) is 56.0 Å². The monoisotopic (exact) mass is 547 g/mol. The van der Waals surface area contributed by atoms with Crippen molar-refractivity contribution >= 4 is 27.5 Å². The molecular weight excluding hydrogens is 513 g/mol. The first kappa shape index (κ1) is 27.7. The van der Waals surface area contributed by atoms with Crippen molar-refractivity contribution in [3.8, 4) is 11.5 Å². The highest BCUT2D eigenvalue weighted by Gasteiger charge is 2.29. The van der Waals surface area contributed by atoms with E-state index in [0.29, 0.717) is 22.7 Å². The van der Waals surface area contributed by atoms with Crippen LogP contribution in [0, 0.1) is 5.82 Å². The third kappa shape index (κ3) is 6.94. The van der Waals surface area contributed by atoms with Crippen LogP contribution in [0.5, 0.6) is 11.5 Å². The molecule has 11 heteroatoms. The van der Waals surface area contributed by atoms with Gasteiger partial charge in [0.15, 0.2) is 11.5 Å². The second kappa shape index (κ2) is 12.0. The Hall–Kier alpha value is -3.34. The second-order valence-electron chi connectivity index (χ2n) is 9.79. The van der Waals surface area contributed by atoms with Gasteiger partial charge in [0.1, 0.15) is 11.9 Å².